The number of nitrogens with zero attached hydrogens (tertiary/aromatic N) is 6. The molecule has 44 heavy (non-hydrogen) atoms. The fourth-order valence-corrected chi connectivity index (χ4v) is 9.53. The predicted molar refractivity (Wildman–Crippen MR) is 169 cm³/mol. The van der Waals surface area contributed by atoms with Gasteiger partial charge in [-0.1, -0.05) is 59.8 Å². The molecule has 3 aliphatic rings. The number of fused-ring (bicyclic) bond motifs is 2. The van der Waals surface area contributed by atoms with Crippen molar-refractivity contribution < 1.29 is 19.5 Å². The van der Waals surface area contributed by atoms with Gasteiger partial charge in [0.05, 0.1) is 22.1 Å². The molecule has 0 saturated carbocycles. The van der Waals surface area contributed by atoms with Crippen LogP contribution in [0.25, 0.3) is 11.0 Å². The Morgan fingerprint density at radius 2 is 1.77 bits per heavy atom. The second-order valence-corrected chi connectivity index (χ2v) is 13.3. The van der Waals surface area contributed by atoms with Gasteiger partial charge in [0, 0.05) is 38.0 Å². The van der Waals surface area contributed by atoms with Crippen LogP contribution in [0.5, 0.6) is 0 Å². The monoisotopic (exact) mass is 614 g/mol. The van der Waals surface area contributed by atoms with Crippen LogP contribution in [0, 0.1) is 11.8 Å². The third-order valence-electron chi connectivity index (χ3n) is 9.14. The Kier molecular flexibility index (Phi) is 8.59. The van der Waals surface area contributed by atoms with Crippen molar-refractivity contribution in [2.24, 2.45) is 11.8 Å². The normalized spacial score (nSPS) is 25.3. The Labute approximate surface area is 261 Å². The molecule has 2 unspecified atom stereocenters. The molecular weight excluding hydrogens is 576 g/mol. The topological polar surface area (TPSA) is 112 Å². The molecule has 1 N–H and O–H groups in total. The number of aromatic nitrogens is 3. The number of likely N-dealkylation sites (tertiary alicyclic amines) is 1. The molecule has 230 valence electrons. The third-order valence-corrected chi connectivity index (χ3v) is 11.1. The smallest absolute Gasteiger partial charge is 0.248 e. The van der Waals surface area contributed by atoms with Gasteiger partial charge in [-0.15, -0.1) is 30.0 Å². The Hall–Kier alpha value is -3.96. The molecule has 3 amide bonds. The van der Waals surface area contributed by atoms with Gasteiger partial charge in [0.2, 0.25) is 17.7 Å². The summed E-state index contributed by atoms with van der Waals surface area (Å²) in [6, 6.07) is 16.6. The van der Waals surface area contributed by atoms with E-state index in [0.29, 0.717) is 25.9 Å². The Morgan fingerprint density at radius 3 is 2.52 bits per heavy atom. The fraction of sp³-hybridized carbons (Fsp3) is 0.424. The van der Waals surface area contributed by atoms with Crippen LogP contribution in [0.15, 0.2) is 79.9 Å². The second kappa shape index (κ2) is 12.6. The van der Waals surface area contributed by atoms with Crippen molar-refractivity contribution in [2.45, 2.75) is 48.5 Å². The first-order chi connectivity index (χ1) is 21.4. The zero-order valence-corrected chi connectivity index (χ0v) is 25.5. The number of carbonyl (C=O) groups excluding carboxylic acids is 3. The van der Waals surface area contributed by atoms with E-state index >= 15 is 0 Å². The molecular formula is C33H38N6O4S. The number of carbonyl (C=O) groups is 3. The number of para-hydroxylation sites is 1. The van der Waals surface area contributed by atoms with E-state index in [4.69, 9.17) is 0 Å². The van der Waals surface area contributed by atoms with E-state index < -0.39 is 22.6 Å². The molecule has 6 rings (SSSR count). The highest BCUT2D eigenvalue weighted by molar-refractivity contribution is 8.02. The highest BCUT2D eigenvalue weighted by Gasteiger charge is 2.74. The predicted octanol–water partition coefficient (Wildman–Crippen LogP) is 3.09. The van der Waals surface area contributed by atoms with E-state index in [0.717, 1.165) is 23.0 Å². The van der Waals surface area contributed by atoms with Crippen LogP contribution in [0.4, 0.5) is 0 Å². The minimum absolute atomic E-state index is 0.0538. The summed E-state index contributed by atoms with van der Waals surface area (Å²) in [5.41, 5.74) is 2.53. The molecule has 2 bridgehead atoms. The molecule has 4 heterocycles. The van der Waals surface area contributed by atoms with Gasteiger partial charge in [-0.3, -0.25) is 14.4 Å². The quantitative estimate of drug-likeness (QED) is 0.295. The summed E-state index contributed by atoms with van der Waals surface area (Å²) < 4.78 is 0.952. The summed E-state index contributed by atoms with van der Waals surface area (Å²) in [7, 11) is 0. The maximum atomic E-state index is 14.6. The number of benzene rings is 2. The molecule has 5 atom stereocenters. The number of thioether (sulfide) groups is 1. The van der Waals surface area contributed by atoms with Gasteiger partial charge in [0.1, 0.15) is 18.2 Å². The van der Waals surface area contributed by atoms with Gasteiger partial charge in [-0.25, -0.2) is 4.68 Å². The van der Waals surface area contributed by atoms with E-state index in [1.54, 1.807) is 43.3 Å². The summed E-state index contributed by atoms with van der Waals surface area (Å²) >= 11 is 1.64. The number of amides is 3. The van der Waals surface area contributed by atoms with Crippen LogP contribution in [0.1, 0.15) is 24.8 Å². The molecule has 0 radical (unpaired) electrons. The van der Waals surface area contributed by atoms with Gasteiger partial charge in [0.15, 0.2) is 0 Å². The minimum atomic E-state index is -0.768. The lowest BCUT2D eigenvalue weighted by Gasteiger charge is -2.37. The van der Waals surface area contributed by atoms with Crippen molar-refractivity contribution in [1.82, 2.24) is 29.7 Å². The Bertz CT molecular complexity index is 1560. The number of rotatable bonds is 13. The van der Waals surface area contributed by atoms with Gasteiger partial charge >= 0.3 is 0 Å². The highest BCUT2D eigenvalue weighted by atomic mass is 32.2. The van der Waals surface area contributed by atoms with Crippen molar-refractivity contribution >= 4 is 40.5 Å². The van der Waals surface area contributed by atoms with E-state index in [-0.39, 0.29) is 49.3 Å². The standard InChI is InChI=1S/C33H38N6O4S/c1-3-17-36(21-23-11-6-5-7-12-23)30(41)27-26-15-16-33(44-26)28(27)31(42)38(19-10-20-40)29(33)32(43)37(18-4-2)22-39-25-14-9-8-13-24(25)34-35-39/h3-9,11-14,26-29,40H,1-2,10,15-22H2/t26-,27+,28-,29?,33?/m0/s1. The van der Waals surface area contributed by atoms with E-state index in [1.807, 2.05) is 54.6 Å². The van der Waals surface area contributed by atoms with E-state index in [1.165, 1.54) is 0 Å². The molecule has 3 aliphatic heterocycles. The largest absolute Gasteiger partial charge is 0.396 e. The first-order valence-corrected chi connectivity index (χ1v) is 16.0. The lowest BCUT2D eigenvalue weighted by atomic mass is 9.70. The number of aliphatic hydroxyl groups is 1. The van der Waals surface area contributed by atoms with Crippen LogP contribution in [0.2, 0.25) is 0 Å². The molecule has 0 aliphatic carbocycles. The Morgan fingerprint density at radius 1 is 1.05 bits per heavy atom. The average Bonchev–Trinajstić information content (AvgIpc) is 3.79. The number of hydrogen-bond acceptors (Lipinski definition) is 7. The zero-order valence-electron chi connectivity index (χ0n) is 24.7. The van der Waals surface area contributed by atoms with Crippen molar-refractivity contribution in [3.05, 3.63) is 85.5 Å². The average molecular weight is 615 g/mol. The van der Waals surface area contributed by atoms with Gasteiger partial charge in [-0.2, -0.15) is 0 Å². The van der Waals surface area contributed by atoms with Crippen molar-refractivity contribution in [1.29, 1.82) is 0 Å². The van der Waals surface area contributed by atoms with Crippen LogP contribution >= 0.6 is 11.8 Å². The first-order valence-electron chi connectivity index (χ1n) is 15.1. The molecule has 3 aromatic rings. The van der Waals surface area contributed by atoms with Crippen LogP contribution < -0.4 is 0 Å². The van der Waals surface area contributed by atoms with Crippen molar-refractivity contribution in [3.63, 3.8) is 0 Å². The summed E-state index contributed by atoms with van der Waals surface area (Å²) in [4.78, 5) is 48.4. The molecule has 10 nitrogen and oxygen atoms in total. The SMILES string of the molecule is C=CCN(Cn1nnc2ccccc21)C(=O)C1N(CCCO)C(=O)[C@@H]2[C@H](C(=O)N(CC=C)Cc3ccccc3)[C@@H]3CCC12S3. The summed E-state index contributed by atoms with van der Waals surface area (Å²) in [5.74, 6) is -1.60. The lowest BCUT2D eigenvalue weighted by molar-refractivity contribution is -0.145. The number of aliphatic hydroxyl groups excluding tert-OH is 1. The molecule has 3 fully saturated rings. The second-order valence-electron chi connectivity index (χ2n) is 11.7. The summed E-state index contributed by atoms with van der Waals surface area (Å²) in [6.45, 7) is 9.09. The van der Waals surface area contributed by atoms with Crippen LogP contribution in [-0.2, 0) is 27.6 Å². The highest BCUT2D eigenvalue weighted by Crippen LogP contribution is 2.66. The summed E-state index contributed by atoms with van der Waals surface area (Å²) in [6.07, 6.45) is 5.15. The van der Waals surface area contributed by atoms with Gasteiger partial charge in [-0.05, 0) is 37.0 Å². The molecule has 3 saturated heterocycles. The minimum Gasteiger partial charge on any atom is -0.396 e. The van der Waals surface area contributed by atoms with Crippen LogP contribution in [0.3, 0.4) is 0 Å². The van der Waals surface area contributed by atoms with Gasteiger partial charge < -0.3 is 19.8 Å². The van der Waals surface area contributed by atoms with Crippen molar-refractivity contribution in [3.8, 4) is 0 Å². The molecule has 1 aromatic heterocycles. The maximum Gasteiger partial charge on any atom is 0.248 e. The maximum absolute atomic E-state index is 14.6. The summed E-state index contributed by atoms with van der Waals surface area (Å²) in [5, 5.41) is 18.2. The van der Waals surface area contributed by atoms with E-state index in [9.17, 15) is 19.5 Å². The fourth-order valence-electron chi connectivity index (χ4n) is 7.33. The Balaban J connectivity index is 1.33. The molecule has 11 heteroatoms. The van der Waals surface area contributed by atoms with Gasteiger partial charge in [0.25, 0.3) is 0 Å². The number of hydrogen-bond donors (Lipinski definition) is 1. The van der Waals surface area contributed by atoms with Crippen molar-refractivity contribution in [2.75, 3.05) is 26.2 Å². The van der Waals surface area contributed by atoms with Crippen LogP contribution in [-0.4, -0.2) is 94.8 Å². The molecule has 2 aromatic carbocycles. The third kappa shape index (κ3) is 5.11. The first kappa shape index (κ1) is 30.1. The van der Waals surface area contributed by atoms with E-state index in [2.05, 4.69) is 23.5 Å². The molecule has 1 spiro atoms. The zero-order chi connectivity index (χ0) is 30.8. The lowest BCUT2D eigenvalue weighted by Crippen LogP contribution is -2.55.